The average molecular weight is 272 g/mol. The zero-order chi connectivity index (χ0) is 14.4. The molecule has 1 atom stereocenters. The van der Waals surface area contributed by atoms with Crippen LogP contribution < -0.4 is 15.8 Å². The molecule has 1 unspecified atom stereocenters. The first-order valence-corrected chi connectivity index (χ1v) is 6.36. The fourth-order valence-corrected chi connectivity index (χ4v) is 2.35. The Bertz CT molecular complexity index is 705. The summed E-state index contributed by atoms with van der Waals surface area (Å²) >= 11 is 0. The van der Waals surface area contributed by atoms with Gasteiger partial charge in [-0.15, -0.1) is 0 Å². The molecule has 2 heterocycles. The van der Waals surface area contributed by atoms with Crippen molar-refractivity contribution in [2.75, 3.05) is 5.32 Å². The number of hydrogen-bond donors (Lipinski definition) is 2. The summed E-state index contributed by atoms with van der Waals surface area (Å²) in [6, 6.07) is 4.81. The van der Waals surface area contributed by atoms with E-state index in [2.05, 4.69) is 10.4 Å². The predicted molar refractivity (Wildman–Crippen MR) is 74.8 cm³/mol. The molecule has 3 rings (SSSR count). The summed E-state index contributed by atoms with van der Waals surface area (Å²) in [6.07, 6.45) is 0. The number of carbonyl (C=O) groups is 1. The largest absolute Gasteiger partial charge is 0.453 e. The molecule has 1 aromatic carbocycles. The highest BCUT2D eigenvalue weighted by molar-refractivity contribution is 6.02. The molecule has 0 radical (unpaired) electrons. The topological polar surface area (TPSA) is 82.2 Å². The third kappa shape index (κ3) is 1.85. The van der Waals surface area contributed by atoms with E-state index in [0.29, 0.717) is 11.4 Å². The number of amides is 1. The van der Waals surface area contributed by atoms with Gasteiger partial charge in [0.1, 0.15) is 17.5 Å². The molecule has 1 aliphatic rings. The second-order valence-corrected chi connectivity index (χ2v) is 4.94. The average Bonchev–Trinajstić information content (AvgIpc) is 2.81. The highest BCUT2D eigenvalue weighted by atomic mass is 16.5. The molecule has 0 spiro atoms. The fraction of sp³-hybridized carbons (Fsp3) is 0.286. The van der Waals surface area contributed by atoms with Gasteiger partial charge in [-0.05, 0) is 19.9 Å². The van der Waals surface area contributed by atoms with E-state index in [1.807, 2.05) is 33.0 Å². The van der Waals surface area contributed by atoms with Crippen molar-refractivity contribution >= 4 is 11.6 Å². The Balaban J connectivity index is 1.94. The first-order valence-electron chi connectivity index (χ1n) is 6.36. The molecule has 104 valence electrons. The number of aromatic nitrogens is 2. The van der Waals surface area contributed by atoms with Crippen LogP contribution in [0.5, 0.6) is 11.5 Å². The Morgan fingerprint density at radius 2 is 2.15 bits per heavy atom. The van der Waals surface area contributed by atoms with Crippen LogP contribution in [0.15, 0.2) is 18.2 Å². The van der Waals surface area contributed by atoms with Gasteiger partial charge in [0.2, 0.25) is 5.91 Å². The molecular formula is C14H16N4O2. The highest BCUT2D eigenvalue weighted by Crippen LogP contribution is 2.35. The van der Waals surface area contributed by atoms with Crippen LogP contribution in [0.2, 0.25) is 0 Å². The van der Waals surface area contributed by atoms with Gasteiger partial charge in [-0.2, -0.15) is 5.10 Å². The summed E-state index contributed by atoms with van der Waals surface area (Å²) in [7, 11) is 1.87. The first kappa shape index (κ1) is 12.7. The summed E-state index contributed by atoms with van der Waals surface area (Å²) < 4.78 is 7.65. The third-order valence-corrected chi connectivity index (χ3v) is 3.56. The van der Waals surface area contributed by atoms with Gasteiger partial charge >= 0.3 is 0 Å². The zero-order valence-electron chi connectivity index (χ0n) is 11.6. The Labute approximate surface area is 116 Å². The normalized spacial score (nSPS) is 17.0. The lowest BCUT2D eigenvalue weighted by Crippen LogP contribution is -2.19. The standard InChI is InChI=1S/C14H16N4O2/c1-7-13(8(2)18(3)17-7)20-9-4-5-10-11(6-9)16-14(19)12(10)15/h4-6,12H,15H2,1-3H3,(H,16,19). The van der Waals surface area contributed by atoms with Gasteiger partial charge in [0.05, 0.1) is 5.69 Å². The SMILES string of the molecule is Cc1nn(C)c(C)c1Oc1ccc2c(c1)NC(=O)C2N. The predicted octanol–water partition coefficient (Wildman–Crippen LogP) is 1.78. The molecule has 1 aromatic heterocycles. The maximum atomic E-state index is 11.5. The van der Waals surface area contributed by atoms with E-state index in [-0.39, 0.29) is 5.91 Å². The number of nitrogens with two attached hydrogens (primary N) is 1. The Kier molecular flexibility index (Phi) is 2.76. The quantitative estimate of drug-likeness (QED) is 0.873. The second-order valence-electron chi connectivity index (χ2n) is 4.94. The summed E-state index contributed by atoms with van der Waals surface area (Å²) in [5, 5.41) is 7.05. The van der Waals surface area contributed by atoms with Crippen LogP contribution >= 0.6 is 0 Å². The second kappa shape index (κ2) is 4.35. The number of ether oxygens (including phenoxy) is 1. The van der Waals surface area contributed by atoms with Crippen LogP contribution in [-0.4, -0.2) is 15.7 Å². The van der Waals surface area contributed by atoms with Gasteiger partial charge < -0.3 is 15.8 Å². The number of anilines is 1. The molecule has 0 aliphatic carbocycles. The van der Waals surface area contributed by atoms with Gasteiger partial charge in [0.25, 0.3) is 0 Å². The van der Waals surface area contributed by atoms with Crippen molar-refractivity contribution in [2.24, 2.45) is 12.8 Å². The maximum Gasteiger partial charge on any atom is 0.245 e. The van der Waals surface area contributed by atoms with Crippen molar-refractivity contribution in [1.82, 2.24) is 9.78 Å². The maximum absolute atomic E-state index is 11.5. The molecular weight excluding hydrogens is 256 g/mol. The lowest BCUT2D eigenvalue weighted by Gasteiger charge is -2.08. The molecule has 0 bridgehead atoms. The minimum Gasteiger partial charge on any atom is -0.453 e. The van der Waals surface area contributed by atoms with E-state index < -0.39 is 6.04 Å². The van der Waals surface area contributed by atoms with Crippen LogP contribution in [0.1, 0.15) is 23.0 Å². The van der Waals surface area contributed by atoms with Crippen LogP contribution in [-0.2, 0) is 11.8 Å². The number of carbonyl (C=O) groups excluding carboxylic acids is 1. The number of benzene rings is 1. The van der Waals surface area contributed by atoms with Gasteiger partial charge in [0, 0.05) is 24.4 Å². The van der Waals surface area contributed by atoms with Crippen molar-refractivity contribution < 1.29 is 9.53 Å². The zero-order valence-corrected chi connectivity index (χ0v) is 11.6. The fourth-order valence-electron chi connectivity index (χ4n) is 2.35. The van der Waals surface area contributed by atoms with Crippen LogP contribution in [0, 0.1) is 13.8 Å². The van der Waals surface area contributed by atoms with Gasteiger partial charge in [-0.3, -0.25) is 9.48 Å². The molecule has 1 amide bonds. The molecule has 1 aliphatic heterocycles. The molecule has 20 heavy (non-hydrogen) atoms. The summed E-state index contributed by atoms with van der Waals surface area (Å²) in [6.45, 7) is 3.84. The van der Waals surface area contributed by atoms with Crippen LogP contribution in [0.4, 0.5) is 5.69 Å². The smallest absolute Gasteiger partial charge is 0.245 e. The van der Waals surface area contributed by atoms with Crippen molar-refractivity contribution in [3.05, 3.63) is 35.2 Å². The first-order chi connectivity index (χ1) is 9.47. The monoisotopic (exact) mass is 272 g/mol. The number of nitrogens with one attached hydrogen (secondary N) is 1. The van der Waals surface area contributed by atoms with Crippen molar-refractivity contribution in [1.29, 1.82) is 0 Å². The van der Waals surface area contributed by atoms with Crippen LogP contribution in [0.3, 0.4) is 0 Å². The molecule has 0 fully saturated rings. The van der Waals surface area contributed by atoms with E-state index in [9.17, 15) is 4.79 Å². The number of hydrogen-bond acceptors (Lipinski definition) is 4. The van der Waals surface area contributed by atoms with Gasteiger partial charge in [-0.25, -0.2) is 0 Å². The van der Waals surface area contributed by atoms with E-state index in [4.69, 9.17) is 10.5 Å². The minimum atomic E-state index is -0.596. The lowest BCUT2D eigenvalue weighted by atomic mass is 10.1. The molecule has 2 aromatic rings. The molecule has 3 N–H and O–H groups in total. The lowest BCUT2D eigenvalue weighted by molar-refractivity contribution is -0.116. The van der Waals surface area contributed by atoms with Crippen LogP contribution in [0.25, 0.3) is 0 Å². The van der Waals surface area contributed by atoms with E-state index >= 15 is 0 Å². The Hall–Kier alpha value is -2.34. The Morgan fingerprint density at radius 3 is 2.80 bits per heavy atom. The number of nitrogens with zero attached hydrogens (tertiary/aromatic N) is 2. The minimum absolute atomic E-state index is 0.189. The van der Waals surface area contributed by atoms with Gasteiger partial charge in [-0.1, -0.05) is 6.07 Å². The van der Waals surface area contributed by atoms with E-state index in [0.717, 1.165) is 22.7 Å². The summed E-state index contributed by atoms with van der Waals surface area (Å²) in [5.41, 5.74) is 9.05. The third-order valence-electron chi connectivity index (χ3n) is 3.56. The van der Waals surface area contributed by atoms with Crippen molar-refractivity contribution in [2.45, 2.75) is 19.9 Å². The van der Waals surface area contributed by atoms with Crippen molar-refractivity contribution in [3.8, 4) is 11.5 Å². The van der Waals surface area contributed by atoms with E-state index in [1.165, 1.54) is 0 Å². The summed E-state index contributed by atoms with van der Waals surface area (Å²) in [5.74, 6) is 1.20. The van der Waals surface area contributed by atoms with Crippen molar-refractivity contribution in [3.63, 3.8) is 0 Å². The van der Waals surface area contributed by atoms with E-state index in [1.54, 1.807) is 10.7 Å². The van der Waals surface area contributed by atoms with Gasteiger partial charge in [0.15, 0.2) is 5.75 Å². The molecule has 6 nitrogen and oxygen atoms in total. The molecule has 0 saturated heterocycles. The number of rotatable bonds is 2. The molecule has 6 heteroatoms. The highest BCUT2D eigenvalue weighted by Gasteiger charge is 2.27. The number of fused-ring (bicyclic) bond motifs is 1. The summed E-state index contributed by atoms with van der Waals surface area (Å²) in [4.78, 5) is 11.5. The number of aryl methyl sites for hydroxylation is 2. The molecule has 0 saturated carbocycles. The Morgan fingerprint density at radius 1 is 1.40 bits per heavy atom.